The molecule has 1 fully saturated rings. The molecule has 2 heterocycles. The van der Waals surface area contributed by atoms with E-state index in [9.17, 15) is 18.0 Å². The molecule has 6 nitrogen and oxygen atoms in total. The van der Waals surface area contributed by atoms with Crippen LogP contribution in [0.25, 0.3) is 10.9 Å². The van der Waals surface area contributed by atoms with Gasteiger partial charge in [-0.05, 0) is 81.2 Å². The van der Waals surface area contributed by atoms with Crippen LogP contribution in [0.2, 0.25) is 0 Å². The summed E-state index contributed by atoms with van der Waals surface area (Å²) in [5.41, 5.74) is 1.78. The summed E-state index contributed by atoms with van der Waals surface area (Å²) in [7, 11) is 0. The van der Waals surface area contributed by atoms with Gasteiger partial charge in [-0.25, -0.2) is 4.79 Å². The molecule has 0 radical (unpaired) electrons. The second kappa shape index (κ2) is 11.3. The monoisotopic (exact) mass is 503 g/mol. The number of nitrogens with zero attached hydrogens (tertiary/aromatic N) is 2. The van der Waals surface area contributed by atoms with Crippen molar-refractivity contribution in [1.29, 1.82) is 0 Å². The topological polar surface area (TPSA) is 69.3 Å². The van der Waals surface area contributed by atoms with E-state index < -0.39 is 11.7 Å². The number of hydrogen-bond acceptors (Lipinski definition) is 5. The standard InChI is InChI=1S/C25H28F3N5OS/c1-17-16-23(21-4-2-3-5-22(21)30-17)31-24(34)29-12-15-33-13-10-19(11-14-33)32-35-20-8-6-18(7-9-20)25(26,27)28/h2-9,16,19,32H,10-15H2,1H3,(H2,29,30,31,34). The number of pyridine rings is 1. The van der Waals surface area contributed by atoms with Gasteiger partial charge in [0.05, 0.1) is 16.8 Å². The van der Waals surface area contributed by atoms with Crippen molar-refractivity contribution < 1.29 is 18.0 Å². The van der Waals surface area contributed by atoms with E-state index in [-0.39, 0.29) is 12.1 Å². The fourth-order valence-electron chi connectivity index (χ4n) is 4.04. The number of piperidine rings is 1. The van der Waals surface area contributed by atoms with Crippen LogP contribution in [-0.4, -0.2) is 48.1 Å². The van der Waals surface area contributed by atoms with Gasteiger partial charge in [0.25, 0.3) is 0 Å². The first-order valence-corrected chi connectivity index (χ1v) is 12.3. The van der Waals surface area contributed by atoms with E-state index in [0.29, 0.717) is 6.54 Å². The Labute approximate surface area is 206 Å². The van der Waals surface area contributed by atoms with Crippen LogP contribution in [0.3, 0.4) is 0 Å². The fourth-order valence-corrected chi connectivity index (χ4v) is 4.85. The predicted molar refractivity (Wildman–Crippen MR) is 133 cm³/mol. The molecule has 3 N–H and O–H groups in total. The summed E-state index contributed by atoms with van der Waals surface area (Å²) < 4.78 is 41.4. The van der Waals surface area contributed by atoms with Crippen LogP contribution in [0.5, 0.6) is 0 Å². The summed E-state index contributed by atoms with van der Waals surface area (Å²) >= 11 is 1.37. The van der Waals surface area contributed by atoms with Crippen LogP contribution in [0.1, 0.15) is 24.1 Å². The number of halogens is 3. The molecule has 0 atom stereocenters. The number of anilines is 1. The number of para-hydroxylation sites is 1. The second-order valence-electron chi connectivity index (χ2n) is 8.57. The van der Waals surface area contributed by atoms with Gasteiger partial charge in [-0.2, -0.15) is 13.2 Å². The number of hydrogen-bond donors (Lipinski definition) is 3. The summed E-state index contributed by atoms with van der Waals surface area (Å²) in [6.45, 7) is 4.97. The summed E-state index contributed by atoms with van der Waals surface area (Å²) in [5, 5.41) is 6.75. The highest BCUT2D eigenvalue weighted by Crippen LogP contribution is 2.30. The van der Waals surface area contributed by atoms with Gasteiger partial charge < -0.3 is 15.5 Å². The van der Waals surface area contributed by atoms with E-state index in [1.165, 1.54) is 24.1 Å². The van der Waals surface area contributed by atoms with E-state index in [2.05, 4.69) is 25.2 Å². The van der Waals surface area contributed by atoms with Gasteiger partial charge in [0, 0.05) is 35.1 Å². The maximum absolute atomic E-state index is 12.7. The molecular weight excluding hydrogens is 475 g/mol. The lowest BCUT2D eigenvalue weighted by Gasteiger charge is -2.32. The Morgan fingerprint density at radius 1 is 1.11 bits per heavy atom. The number of likely N-dealkylation sites (tertiary alicyclic amines) is 1. The van der Waals surface area contributed by atoms with Crippen molar-refractivity contribution in [3.63, 3.8) is 0 Å². The molecule has 3 aromatic rings. The van der Waals surface area contributed by atoms with E-state index in [4.69, 9.17) is 0 Å². The maximum Gasteiger partial charge on any atom is 0.416 e. The van der Waals surface area contributed by atoms with Crippen molar-refractivity contribution in [3.05, 3.63) is 65.9 Å². The van der Waals surface area contributed by atoms with Crippen LogP contribution in [0.4, 0.5) is 23.7 Å². The normalized spacial score (nSPS) is 15.3. The van der Waals surface area contributed by atoms with Crippen molar-refractivity contribution in [2.45, 2.75) is 36.9 Å². The van der Waals surface area contributed by atoms with Crippen molar-refractivity contribution in [1.82, 2.24) is 19.9 Å². The quantitative estimate of drug-likeness (QED) is 0.375. The molecule has 1 aliphatic rings. The zero-order chi connectivity index (χ0) is 24.8. The number of amides is 2. The Morgan fingerprint density at radius 2 is 1.83 bits per heavy atom. The van der Waals surface area contributed by atoms with Crippen LogP contribution >= 0.6 is 11.9 Å². The number of nitrogens with one attached hydrogen (secondary N) is 3. The molecule has 35 heavy (non-hydrogen) atoms. The summed E-state index contributed by atoms with van der Waals surface area (Å²) in [6, 6.07) is 14.8. The minimum Gasteiger partial charge on any atom is -0.337 e. The van der Waals surface area contributed by atoms with Crippen molar-refractivity contribution in [3.8, 4) is 0 Å². The molecule has 4 rings (SSSR count). The highest BCUT2D eigenvalue weighted by molar-refractivity contribution is 7.97. The van der Waals surface area contributed by atoms with Gasteiger partial charge in [0.1, 0.15) is 0 Å². The van der Waals surface area contributed by atoms with E-state index >= 15 is 0 Å². The van der Waals surface area contributed by atoms with E-state index in [1.54, 1.807) is 0 Å². The third-order valence-electron chi connectivity index (χ3n) is 5.92. The highest BCUT2D eigenvalue weighted by Gasteiger charge is 2.30. The van der Waals surface area contributed by atoms with Crippen molar-refractivity contribution in [2.75, 3.05) is 31.5 Å². The van der Waals surface area contributed by atoms with Crippen LogP contribution < -0.4 is 15.4 Å². The third kappa shape index (κ3) is 7.09. The number of carbonyl (C=O) groups is 1. The molecule has 10 heteroatoms. The first-order chi connectivity index (χ1) is 16.8. The van der Waals surface area contributed by atoms with Crippen LogP contribution in [0.15, 0.2) is 59.5 Å². The average Bonchev–Trinajstić information content (AvgIpc) is 2.83. The largest absolute Gasteiger partial charge is 0.416 e. The molecule has 2 aromatic carbocycles. The molecule has 186 valence electrons. The first kappa shape index (κ1) is 25.3. The van der Waals surface area contributed by atoms with Gasteiger partial charge in [-0.1, -0.05) is 18.2 Å². The SMILES string of the molecule is Cc1cc(NC(=O)NCCN2CCC(NSc3ccc(C(F)(F)F)cc3)CC2)c2ccccc2n1. The van der Waals surface area contributed by atoms with Gasteiger partial charge in [-0.15, -0.1) is 0 Å². The Morgan fingerprint density at radius 3 is 2.54 bits per heavy atom. The van der Waals surface area contributed by atoms with Gasteiger partial charge in [0.2, 0.25) is 0 Å². The first-order valence-electron chi connectivity index (χ1n) is 11.5. The number of carbonyl (C=O) groups excluding carboxylic acids is 1. The number of aryl methyl sites for hydroxylation is 1. The average molecular weight is 504 g/mol. The molecule has 1 aromatic heterocycles. The molecular formula is C25H28F3N5OS. The molecule has 0 aliphatic carbocycles. The van der Waals surface area contributed by atoms with E-state index in [1.807, 2.05) is 37.3 Å². The lowest BCUT2D eigenvalue weighted by atomic mass is 10.1. The molecule has 2 amide bonds. The Bertz CT molecular complexity index is 1150. The number of alkyl halides is 3. The highest BCUT2D eigenvalue weighted by atomic mass is 32.2. The molecule has 1 saturated heterocycles. The lowest BCUT2D eigenvalue weighted by molar-refractivity contribution is -0.137. The number of rotatable bonds is 7. The lowest BCUT2D eigenvalue weighted by Crippen LogP contribution is -2.44. The van der Waals surface area contributed by atoms with E-state index in [0.717, 1.165) is 71.8 Å². The Balaban J connectivity index is 1.15. The molecule has 0 spiro atoms. The van der Waals surface area contributed by atoms with Crippen LogP contribution in [0, 0.1) is 6.92 Å². The zero-order valence-electron chi connectivity index (χ0n) is 19.4. The zero-order valence-corrected chi connectivity index (χ0v) is 20.2. The third-order valence-corrected chi connectivity index (χ3v) is 6.88. The maximum atomic E-state index is 12.7. The van der Waals surface area contributed by atoms with Crippen LogP contribution in [-0.2, 0) is 6.18 Å². The summed E-state index contributed by atoms with van der Waals surface area (Å²) in [4.78, 5) is 20.0. The minimum atomic E-state index is -4.31. The number of aromatic nitrogens is 1. The predicted octanol–water partition coefficient (Wildman–Crippen LogP) is 5.44. The van der Waals surface area contributed by atoms with Crippen molar-refractivity contribution >= 4 is 34.6 Å². The summed E-state index contributed by atoms with van der Waals surface area (Å²) in [5.74, 6) is 0. The Kier molecular flexibility index (Phi) is 8.15. The number of benzene rings is 2. The Hall–Kier alpha value is -2.82. The van der Waals surface area contributed by atoms with Gasteiger partial charge in [0.15, 0.2) is 0 Å². The summed E-state index contributed by atoms with van der Waals surface area (Å²) in [6.07, 6.45) is -2.45. The second-order valence-corrected chi connectivity index (χ2v) is 9.48. The van der Waals surface area contributed by atoms with Crippen molar-refractivity contribution in [2.24, 2.45) is 0 Å². The number of fused-ring (bicyclic) bond motifs is 1. The fraction of sp³-hybridized carbons (Fsp3) is 0.360. The molecule has 0 unspecified atom stereocenters. The minimum absolute atomic E-state index is 0.245. The molecule has 0 bridgehead atoms. The van der Waals surface area contributed by atoms with Gasteiger partial charge in [-0.3, -0.25) is 9.71 Å². The molecule has 0 saturated carbocycles. The smallest absolute Gasteiger partial charge is 0.337 e. The molecule has 1 aliphatic heterocycles. The van der Waals surface area contributed by atoms with Gasteiger partial charge >= 0.3 is 12.2 Å². The number of urea groups is 1.